The number of benzene rings is 2. The van der Waals surface area contributed by atoms with Crippen molar-refractivity contribution in [2.75, 3.05) is 6.26 Å². The van der Waals surface area contributed by atoms with Crippen molar-refractivity contribution in [1.82, 2.24) is 0 Å². The van der Waals surface area contributed by atoms with Gasteiger partial charge in [-0.3, -0.25) is 0 Å². The smallest absolute Gasteiger partial charge is 0.159 e. The molecule has 2 aromatic carbocycles. The van der Waals surface area contributed by atoms with Gasteiger partial charge in [-0.15, -0.1) is 11.8 Å². The molecule has 0 aliphatic rings. The van der Waals surface area contributed by atoms with Crippen molar-refractivity contribution in [3.63, 3.8) is 0 Å². The molecule has 0 fully saturated rings. The average molecular weight is 266 g/mol. The molecule has 1 nitrogen and oxygen atoms in total. The SMILES string of the molecule is CSc1ccccc1C(O)c1ccc(F)c(F)c1. The maximum Gasteiger partial charge on any atom is 0.159 e. The van der Waals surface area contributed by atoms with Crippen LogP contribution in [-0.2, 0) is 0 Å². The van der Waals surface area contributed by atoms with Crippen LogP contribution in [0.1, 0.15) is 17.2 Å². The van der Waals surface area contributed by atoms with E-state index in [0.29, 0.717) is 11.1 Å². The van der Waals surface area contributed by atoms with Gasteiger partial charge in [0.2, 0.25) is 0 Å². The largest absolute Gasteiger partial charge is 0.384 e. The van der Waals surface area contributed by atoms with Crippen LogP contribution in [0.15, 0.2) is 47.4 Å². The van der Waals surface area contributed by atoms with Crippen molar-refractivity contribution >= 4 is 11.8 Å². The molecule has 4 heteroatoms. The van der Waals surface area contributed by atoms with E-state index >= 15 is 0 Å². The number of hydrogen-bond acceptors (Lipinski definition) is 2. The van der Waals surface area contributed by atoms with Crippen molar-refractivity contribution in [3.05, 3.63) is 65.2 Å². The predicted molar refractivity (Wildman–Crippen MR) is 68.6 cm³/mol. The minimum atomic E-state index is -0.955. The molecule has 0 aromatic heterocycles. The lowest BCUT2D eigenvalue weighted by Crippen LogP contribution is -2.02. The van der Waals surface area contributed by atoms with Gasteiger partial charge in [0.25, 0.3) is 0 Å². The highest BCUT2D eigenvalue weighted by Gasteiger charge is 2.15. The lowest BCUT2D eigenvalue weighted by Gasteiger charge is -2.15. The Morgan fingerprint density at radius 2 is 1.78 bits per heavy atom. The Balaban J connectivity index is 2.41. The number of thioether (sulfide) groups is 1. The summed E-state index contributed by atoms with van der Waals surface area (Å²) >= 11 is 1.50. The van der Waals surface area contributed by atoms with Crippen molar-refractivity contribution in [3.8, 4) is 0 Å². The monoisotopic (exact) mass is 266 g/mol. The zero-order valence-corrected chi connectivity index (χ0v) is 10.5. The molecule has 94 valence electrons. The molecule has 1 unspecified atom stereocenters. The highest BCUT2D eigenvalue weighted by Crippen LogP contribution is 2.30. The fraction of sp³-hybridized carbons (Fsp3) is 0.143. The summed E-state index contributed by atoms with van der Waals surface area (Å²) < 4.78 is 26.0. The maximum atomic E-state index is 13.1. The van der Waals surface area contributed by atoms with Gasteiger partial charge in [-0.05, 0) is 35.6 Å². The molecular weight excluding hydrogens is 254 g/mol. The zero-order chi connectivity index (χ0) is 13.1. The van der Waals surface area contributed by atoms with E-state index in [2.05, 4.69) is 0 Å². The van der Waals surface area contributed by atoms with Gasteiger partial charge >= 0.3 is 0 Å². The molecule has 1 atom stereocenters. The highest BCUT2D eigenvalue weighted by molar-refractivity contribution is 7.98. The number of rotatable bonds is 3. The first-order valence-corrected chi connectivity index (χ1v) is 6.62. The second-order valence-electron chi connectivity index (χ2n) is 3.82. The first kappa shape index (κ1) is 13.1. The van der Waals surface area contributed by atoms with Gasteiger partial charge in [0.15, 0.2) is 11.6 Å². The van der Waals surface area contributed by atoms with Crippen molar-refractivity contribution in [2.24, 2.45) is 0 Å². The molecule has 0 bridgehead atoms. The van der Waals surface area contributed by atoms with Gasteiger partial charge in [0.05, 0.1) is 0 Å². The van der Waals surface area contributed by atoms with Crippen LogP contribution in [0.25, 0.3) is 0 Å². The molecule has 2 aromatic rings. The molecule has 0 aliphatic carbocycles. The summed E-state index contributed by atoms with van der Waals surface area (Å²) in [6.07, 6.45) is 0.945. The Morgan fingerprint density at radius 3 is 2.44 bits per heavy atom. The summed E-state index contributed by atoms with van der Waals surface area (Å²) in [5, 5.41) is 10.2. The lowest BCUT2D eigenvalue weighted by molar-refractivity contribution is 0.216. The summed E-state index contributed by atoms with van der Waals surface area (Å²) in [7, 11) is 0. The summed E-state index contributed by atoms with van der Waals surface area (Å²) in [5.74, 6) is -1.86. The van der Waals surface area contributed by atoms with Gasteiger partial charge in [0.1, 0.15) is 6.10 Å². The van der Waals surface area contributed by atoms with Crippen molar-refractivity contribution in [1.29, 1.82) is 0 Å². The number of aliphatic hydroxyl groups is 1. The minimum absolute atomic E-state index is 0.343. The summed E-state index contributed by atoms with van der Waals surface area (Å²) in [6, 6.07) is 10.8. The molecular formula is C14H12F2OS. The van der Waals surface area contributed by atoms with Crippen LogP contribution in [0.2, 0.25) is 0 Å². The van der Waals surface area contributed by atoms with Gasteiger partial charge in [-0.1, -0.05) is 24.3 Å². The molecule has 2 rings (SSSR count). The molecule has 1 N–H and O–H groups in total. The average Bonchev–Trinajstić information content (AvgIpc) is 2.41. The number of hydrogen-bond donors (Lipinski definition) is 1. The molecule has 0 saturated carbocycles. The van der Waals surface area contributed by atoms with E-state index in [4.69, 9.17) is 0 Å². The second-order valence-corrected chi connectivity index (χ2v) is 4.67. The summed E-state index contributed by atoms with van der Waals surface area (Å²) in [5.41, 5.74) is 1.03. The summed E-state index contributed by atoms with van der Waals surface area (Å²) in [4.78, 5) is 0.912. The highest BCUT2D eigenvalue weighted by atomic mass is 32.2. The van der Waals surface area contributed by atoms with Crippen LogP contribution < -0.4 is 0 Å². The first-order chi connectivity index (χ1) is 8.63. The van der Waals surface area contributed by atoms with Gasteiger partial charge in [0, 0.05) is 4.90 Å². The van der Waals surface area contributed by atoms with E-state index in [-0.39, 0.29) is 0 Å². The van der Waals surface area contributed by atoms with Crippen molar-refractivity contribution < 1.29 is 13.9 Å². The molecule has 0 amide bonds. The van der Waals surface area contributed by atoms with E-state index in [1.165, 1.54) is 17.8 Å². The van der Waals surface area contributed by atoms with E-state index in [1.54, 1.807) is 12.1 Å². The molecule has 0 saturated heterocycles. The Morgan fingerprint density at radius 1 is 1.06 bits per heavy atom. The van der Waals surface area contributed by atoms with Gasteiger partial charge < -0.3 is 5.11 Å². The number of aliphatic hydroxyl groups excluding tert-OH is 1. The van der Waals surface area contributed by atoms with E-state index in [1.807, 2.05) is 18.4 Å². The van der Waals surface area contributed by atoms with Crippen LogP contribution >= 0.6 is 11.8 Å². The summed E-state index contributed by atoms with van der Waals surface area (Å²) in [6.45, 7) is 0. The number of halogens is 2. The normalized spacial score (nSPS) is 12.4. The van der Waals surface area contributed by atoms with Crippen LogP contribution in [0.5, 0.6) is 0 Å². The standard InChI is InChI=1S/C14H12F2OS/c1-18-13-5-3-2-4-10(13)14(17)9-6-7-11(15)12(16)8-9/h2-8,14,17H,1H3. The van der Waals surface area contributed by atoms with Crippen LogP contribution in [0.4, 0.5) is 8.78 Å². The third-order valence-corrected chi connectivity index (χ3v) is 3.50. The Bertz CT molecular complexity index is 557. The molecule has 0 aliphatic heterocycles. The maximum absolute atomic E-state index is 13.1. The fourth-order valence-corrected chi connectivity index (χ4v) is 2.38. The third-order valence-electron chi connectivity index (χ3n) is 2.69. The lowest BCUT2D eigenvalue weighted by atomic mass is 10.0. The van der Waals surface area contributed by atoms with Crippen LogP contribution in [0, 0.1) is 11.6 Å². The van der Waals surface area contributed by atoms with Crippen LogP contribution in [-0.4, -0.2) is 11.4 Å². The van der Waals surface area contributed by atoms with E-state index in [0.717, 1.165) is 17.0 Å². The van der Waals surface area contributed by atoms with Gasteiger partial charge in [-0.25, -0.2) is 8.78 Å². The first-order valence-electron chi connectivity index (χ1n) is 5.39. The van der Waals surface area contributed by atoms with Crippen LogP contribution in [0.3, 0.4) is 0 Å². The van der Waals surface area contributed by atoms with E-state index in [9.17, 15) is 13.9 Å². The molecule has 0 radical (unpaired) electrons. The second kappa shape index (κ2) is 5.50. The van der Waals surface area contributed by atoms with E-state index < -0.39 is 17.7 Å². The molecule has 18 heavy (non-hydrogen) atoms. The minimum Gasteiger partial charge on any atom is -0.384 e. The third kappa shape index (κ3) is 2.54. The van der Waals surface area contributed by atoms with Crippen molar-refractivity contribution in [2.45, 2.75) is 11.0 Å². The fourth-order valence-electron chi connectivity index (χ4n) is 1.75. The Labute approximate surface area is 108 Å². The quantitative estimate of drug-likeness (QED) is 0.853. The Kier molecular flexibility index (Phi) is 3.99. The molecule has 0 heterocycles. The zero-order valence-electron chi connectivity index (χ0n) is 9.73. The topological polar surface area (TPSA) is 20.2 Å². The Hall–Kier alpha value is -1.39. The molecule has 0 spiro atoms. The van der Waals surface area contributed by atoms with Gasteiger partial charge in [-0.2, -0.15) is 0 Å². The predicted octanol–water partition coefficient (Wildman–Crippen LogP) is 3.77.